The lowest BCUT2D eigenvalue weighted by atomic mass is 10.0. The molecule has 5 nitrogen and oxygen atoms in total. The lowest BCUT2D eigenvalue weighted by molar-refractivity contribution is -0.124. The van der Waals surface area contributed by atoms with E-state index in [4.69, 9.17) is 20.1 Å². The van der Waals surface area contributed by atoms with Gasteiger partial charge in [-0.05, 0) is 6.92 Å². The molecule has 0 radical (unpaired) electrons. The molecule has 0 amide bonds. The predicted octanol–water partition coefficient (Wildman–Crippen LogP) is -1.90. The quantitative estimate of drug-likeness (QED) is 0.396. The predicted molar refractivity (Wildman–Crippen MR) is 41.6 cm³/mol. The molecule has 4 N–H and O–H groups in total. The van der Waals surface area contributed by atoms with Gasteiger partial charge in [-0.3, -0.25) is 0 Å². The monoisotopic (exact) mass is 180 g/mol. The Kier molecular flexibility index (Phi) is 5.36. The van der Waals surface area contributed by atoms with Crippen LogP contribution in [-0.4, -0.2) is 58.6 Å². The van der Waals surface area contributed by atoms with Gasteiger partial charge in [0.05, 0.1) is 12.7 Å². The standard InChI is InChI=1S/C7H16O5/c1-4(9)7(12-2)6(11)5(10)3-8/h4-11H,3H2,1-2H3/t4-,5+,6-,7+/m0/s1. The highest BCUT2D eigenvalue weighted by Crippen LogP contribution is 2.07. The van der Waals surface area contributed by atoms with Crippen LogP contribution in [0.5, 0.6) is 0 Å². The Balaban J connectivity index is 4.10. The van der Waals surface area contributed by atoms with E-state index in [1.54, 1.807) is 0 Å². The molecule has 0 aliphatic rings. The Morgan fingerprint density at radius 2 is 1.75 bits per heavy atom. The number of rotatable bonds is 5. The van der Waals surface area contributed by atoms with E-state index in [-0.39, 0.29) is 0 Å². The molecule has 0 aliphatic heterocycles. The normalized spacial score (nSPS) is 21.5. The van der Waals surface area contributed by atoms with E-state index < -0.39 is 31.0 Å². The molecule has 0 aromatic rings. The molecule has 0 aromatic carbocycles. The summed E-state index contributed by atoms with van der Waals surface area (Å²) in [5.74, 6) is 0. The molecule has 12 heavy (non-hydrogen) atoms. The lowest BCUT2D eigenvalue weighted by Crippen LogP contribution is -2.45. The molecule has 0 aromatic heterocycles. The largest absolute Gasteiger partial charge is 0.394 e. The number of hydrogen-bond acceptors (Lipinski definition) is 5. The highest BCUT2D eigenvalue weighted by Gasteiger charge is 2.29. The van der Waals surface area contributed by atoms with Crippen molar-refractivity contribution in [2.24, 2.45) is 0 Å². The maximum atomic E-state index is 9.25. The van der Waals surface area contributed by atoms with Crippen LogP contribution in [0.1, 0.15) is 6.92 Å². The Hall–Kier alpha value is -0.200. The van der Waals surface area contributed by atoms with Crippen molar-refractivity contribution >= 4 is 0 Å². The minimum absolute atomic E-state index is 0.562. The molecule has 0 fully saturated rings. The first-order chi connectivity index (χ1) is 5.54. The van der Waals surface area contributed by atoms with Crippen molar-refractivity contribution in [2.45, 2.75) is 31.3 Å². The second kappa shape index (κ2) is 5.45. The zero-order chi connectivity index (χ0) is 9.72. The van der Waals surface area contributed by atoms with E-state index >= 15 is 0 Å². The molecular formula is C7H16O5. The number of aliphatic hydroxyl groups excluding tert-OH is 4. The fourth-order valence-electron chi connectivity index (χ4n) is 0.949. The topological polar surface area (TPSA) is 90.2 Å². The maximum absolute atomic E-state index is 9.25. The smallest absolute Gasteiger partial charge is 0.111 e. The van der Waals surface area contributed by atoms with Gasteiger partial charge in [0, 0.05) is 7.11 Å². The van der Waals surface area contributed by atoms with Crippen LogP contribution in [0.2, 0.25) is 0 Å². The fraction of sp³-hybridized carbons (Fsp3) is 1.00. The lowest BCUT2D eigenvalue weighted by Gasteiger charge is -2.26. The number of aliphatic hydroxyl groups is 4. The third kappa shape index (κ3) is 3.04. The first-order valence-electron chi connectivity index (χ1n) is 3.72. The van der Waals surface area contributed by atoms with Gasteiger partial charge in [0.25, 0.3) is 0 Å². The first kappa shape index (κ1) is 11.8. The van der Waals surface area contributed by atoms with Crippen LogP contribution in [0.4, 0.5) is 0 Å². The SMILES string of the molecule is CO[C@@H]([C@@H](O)[C@H](O)CO)[C@H](C)O. The summed E-state index contributed by atoms with van der Waals surface area (Å²) in [7, 11) is 1.31. The fourth-order valence-corrected chi connectivity index (χ4v) is 0.949. The van der Waals surface area contributed by atoms with Gasteiger partial charge in [-0.25, -0.2) is 0 Å². The van der Waals surface area contributed by atoms with Crippen molar-refractivity contribution in [2.75, 3.05) is 13.7 Å². The van der Waals surface area contributed by atoms with Gasteiger partial charge in [-0.2, -0.15) is 0 Å². The van der Waals surface area contributed by atoms with Crippen LogP contribution in [0.3, 0.4) is 0 Å². The van der Waals surface area contributed by atoms with Gasteiger partial charge < -0.3 is 25.2 Å². The van der Waals surface area contributed by atoms with Gasteiger partial charge in [0.15, 0.2) is 0 Å². The van der Waals surface area contributed by atoms with Crippen LogP contribution in [-0.2, 0) is 4.74 Å². The van der Waals surface area contributed by atoms with E-state index in [0.29, 0.717) is 0 Å². The number of ether oxygens (including phenoxy) is 1. The van der Waals surface area contributed by atoms with E-state index in [2.05, 4.69) is 0 Å². The van der Waals surface area contributed by atoms with Crippen LogP contribution in [0.15, 0.2) is 0 Å². The highest BCUT2D eigenvalue weighted by molar-refractivity contribution is 4.79. The molecular weight excluding hydrogens is 164 g/mol. The average molecular weight is 180 g/mol. The molecule has 0 rings (SSSR count). The van der Waals surface area contributed by atoms with E-state index in [9.17, 15) is 5.11 Å². The van der Waals surface area contributed by atoms with Gasteiger partial charge in [0.1, 0.15) is 18.3 Å². The van der Waals surface area contributed by atoms with Crippen LogP contribution in [0, 0.1) is 0 Å². The van der Waals surface area contributed by atoms with Gasteiger partial charge >= 0.3 is 0 Å². The van der Waals surface area contributed by atoms with Crippen LogP contribution in [0.25, 0.3) is 0 Å². The second-order valence-electron chi connectivity index (χ2n) is 2.68. The third-order valence-electron chi connectivity index (χ3n) is 1.67. The number of methoxy groups -OCH3 is 1. The second-order valence-corrected chi connectivity index (χ2v) is 2.68. The van der Waals surface area contributed by atoms with E-state index in [1.807, 2.05) is 0 Å². The molecule has 0 bridgehead atoms. The van der Waals surface area contributed by atoms with E-state index in [1.165, 1.54) is 14.0 Å². The summed E-state index contributed by atoms with van der Waals surface area (Å²) in [6.07, 6.45) is -4.34. The summed E-state index contributed by atoms with van der Waals surface area (Å²) >= 11 is 0. The Labute approximate surface area is 71.2 Å². The molecule has 5 heteroatoms. The molecule has 4 atom stereocenters. The summed E-state index contributed by atoms with van der Waals surface area (Å²) < 4.78 is 4.73. The molecule has 0 heterocycles. The van der Waals surface area contributed by atoms with Crippen LogP contribution < -0.4 is 0 Å². The molecule has 0 saturated carbocycles. The Morgan fingerprint density at radius 3 is 2.00 bits per heavy atom. The Morgan fingerprint density at radius 1 is 1.25 bits per heavy atom. The molecule has 0 saturated heterocycles. The Bertz CT molecular complexity index is 116. The molecule has 0 aliphatic carbocycles. The van der Waals surface area contributed by atoms with Crippen LogP contribution >= 0.6 is 0 Å². The van der Waals surface area contributed by atoms with Crippen molar-refractivity contribution in [1.82, 2.24) is 0 Å². The molecule has 74 valence electrons. The summed E-state index contributed by atoms with van der Waals surface area (Å²) in [6, 6.07) is 0. The minimum atomic E-state index is -1.29. The highest BCUT2D eigenvalue weighted by atomic mass is 16.5. The zero-order valence-corrected chi connectivity index (χ0v) is 7.21. The molecule has 0 unspecified atom stereocenters. The summed E-state index contributed by atoms with van der Waals surface area (Å²) in [5.41, 5.74) is 0. The van der Waals surface area contributed by atoms with Crippen molar-refractivity contribution in [1.29, 1.82) is 0 Å². The minimum Gasteiger partial charge on any atom is -0.394 e. The molecule has 0 spiro atoms. The average Bonchev–Trinajstić information content (AvgIpc) is 2.03. The zero-order valence-electron chi connectivity index (χ0n) is 7.21. The van der Waals surface area contributed by atoms with Crippen molar-refractivity contribution < 1.29 is 25.2 Å². The van der Waals surface area contributed by atoms with Gasteiger partial charge in [-0.15, -0.1) is 0 Å². The summed E-state index contributed by atoms with van der Waals surface area (Å²) in [6.45, 7) is 0.870. The van der Waals surface area contributed by atoms with Crippen molar-refractivity contribution in [3.05, 3.63) is 0 Å². The number of hydrogen-bond donors (Lipinski definition) is 4. The van der Waals surface area contributed by atoms with Gasteiger partial charge in [0.2, 0.25) is 0 Å². The summed E-state index contributed by atoms with van der Waals surface area (Å²) in [4.78, 5) is 0. The summed E-state index contributed by atoms with van der Waals surface area (Å²) in [5, 5.41) is 35.8. The van der Waals surface area contributed by atoms with Gasteiger partial charge in [-0.1, -0.05) is 0 Å². The maximum Gasteiger partial charge on any atom is 0.111 e. The van der Waals surface area contributed by atoms with Crippen molar-refractivity contribution in [3.63, 3.8) is 0 Å². The van der Waals surface area contributed by atoms with E-state index in [0.717, 1.165) is 0 Å². The first-order valence-corrected chi connectivity index (χ1v) is 3.72. The van der Waals surface area contributed by atoms with Crippen molar-refractivity contribution in [3.8, 4) is 0 Å². The third-order valence-corrected chi connectivity index (χ3v) is 1.67.